The lowest BCUT2D eigenvalue weighted by Crippen LogP contribution is -2.36. The van der Waals surface area contributed by atoms with E-state index in [9.17, 15) is 14.7 Å². The Morgan fingerprint density at radius 3 is 2.44 bits per heavy atom. The van der Waals surface area contributed by atoms with Gasteiger partial charge in [-0.3, -0.25) is 9.59 Å². The van der Waals surface area contributed by atoms with Crippen molar-refractivity contribution in [1.82, 2.24) is 4.90 Å². The average Bonchev–Trinajstić information content (AvgIpc) is 2.74. The summed E-state index contributed by atoms with van der Waals surface area (Å²) in [7, 11) is 0. The number of Topliss-reactive ketones (excluding diaryl/α,β-unsaturated/α-hetero) is 1. The van der Waals surface area contributed by atoms with E-state index in [1.165, 1.54) is 0 Å². The maximum atomic E-state index is 13.3. The van der Waals surface area contributed by atoms with Gasteiger partial charge < -0.3 is 10.0 Å². The second-order valence-electron chi connectivity index (χ2n) is 8.43. The van der Waals surface area contributed by atoms with Crippen molar-refractivity contribution in [2.24, 2.45) is 0 Å². The van der Waals surface area contributed by atoms with Gasteiger partial charge in [0.05, 0.1) is 17.6 Å². The summed E-state index contributed by atoms with van der Waals surface area (Å²) in [6.45, 7) is 6.90. The third kappa shape index (κ3) is 5.60. The molecule has 2 unspecified atom stereocenters. The lowest BCUT2D eigenvalue weighted by molar-refractivity contribution is -0.123. The van der Waals surface area contributed by atoms with Crippen molar-refractivity contribution in [3.63, 3.8) is 0 Å². The summed E-state index contributed by atoms with van der Waals surface area (Å²) < 4.78 is 0.922. The molecule has 0 bridgehead atoms. The number of hydrogen-bond acceptors (Lipinski definition) is 3. The smallest absolute Gasteiger partial charge is 0.254 e. The lowest BCUT2D eigenvalue weighted by atomic mass is 9.80. The molecule has 0 radical (unpaired) electrons. The summed E-state index contributed by atoms with van der Waals surface area (Å²) in [5, 5.41) is 11.1. The van der Waals surface area contributed by atoms with Crippen LogP contribution in [0.4, 0.5) is 0 Å². The van der Waals surface area contributed by atoms with Crippen LogP contribution in [0.15, 0.2) is 36.4 Å². The fourth-order valence-corrected chi connectivity index (χ4v) is 5.25. The molecule has 0 aromatic heterocycles. The predicted octanol–water partition coefficient (Wildman–Crippen LogP) is 5.01. The molecule has 0 spiro atoms. The number of aliphatic hydroxyl groups is 1. The number of carbonyl (C=O) groups excluding carboxylic acids is 2. The molecule has 0 aliphatic carbocycles. The van der Waals surface area contributed by atoms with Crippen LogP contribution >= 0.6 is 22.6 Å². The van der Waals surface area contributed by atoms with Crippen LogP contribution in [0, 0.1) is 29.3 Å². The number of rotatable bonds is 2. The molecule has 1 saturated heterocycles. The molecule has 32 heavy (non-hydrogen) atoms. The van der Waals surface area contributed by atoms with E-state index in [-0.39, 0.29) is 11.7 Å². The van der Waals surface area contributed by atoms with Crippen LogP contribution < -0.4 is 0 Å². The minimum Gasteiger partial charge on any atom is -0.392 e. The summed E-state index contributed by atoms with van der Waals surface area (Å²) in [5.74, 6) is 5.50. The van der Waals surface area contributed by atoms with E-state index in [0.29, 0.717) is 44.3 Å². The molecule has 1 N–H and O–H groups in total. The summed E-state index contributed by atoms with van der Waals surface area (Å²) in [5.41, 5.74) is 4.53. The second kappa shape index (κ2) is 11.1. The molecule has 3 rings (SSSR count). The second-order valence-corrected chi connectivity index (χ2v) is 9.59. The van der Waals surface area contributed by atoms with Gasteiger partial charge in [0, 0.05) is 28.6 Å². The Hall–Kier alpha value is -2.17. The third-order valence-electron chi connectivity index (χ3n) is 6.08. The Balaban J connectivity index is 1.81. The predicted molar refractivity (Wildman–Crippen MR) is 136 cm³/mol. The van der Waals surface area contributed by atoms with Crippen molar-refractivity contribution in [3.8, 4) is 11.8 Å². The van der Waals surface area contributed by atoms with Crippen LogP contribution in [0.1, 0.15) is 71.1 Å². The SMILES string of the molecule is CC#Cc1cc(C)c(C2C(=O)CCCN(C(=O)c3ccccc3I)CCCC2O)c(C)c1. The lowest BCUT2D eigenvalue weighted by Gasteiger charge is -2.30. The summed E-state index contributed by atoms with van der Waals surface area (Å²) in [6.07, 6.45) is 1.29. The van der Waals surface area contributed by atoms with Gasteiger partial charge in [0.2, 0.25) is 0 Å². The number of carbonyl (C=O) groups is 2. The van der Waals surface area contributed by atoms with Crippen LogP contribution in [-0.2, 0) is 4.79 Å². The maximum absolute atomic E-state index is 13.3. The van der Waals surface area contributed by atoms with E-state index in [2.05, 4.69) is 34.4 Å². The van der Waals surface area contributed by atoms with Crippen molar-refractivity contribution in [3.05, 3.63) is 67.8 Å². The molecule has 1 fully saturated rings. The van der Waals surface area contributed by atoms with Gasteiger partial charge in [-0.05, 0) is 104 Å². The molecule has 0 saturated carbocycles. The zero-order chi connectivity index (χ0) is 23.3. The number of halogens is 1. The Kier molecular flexibility index (Phi) is 8.50. The number of aryl methyl sites for hydroxylation is 2. The van der Waals surface area contributed by atoms with E-state index < -0.39 is 12.0 Å². The topological polar surface area (TPSA) is 57.6 Å². The van der Waals surface area contributed by atoms with E-state index in [1.807, 2.05) is 55.1 Å². The molecule has 1 heterocycles. The third-order valence-corrected chi connectivity index (χ3v) is 7.02. The van der Waals surface area contributed by atoms with Gasteiger partial charge in [0.1, 0.15) is 5.78 Å². The molecule has 5 heteroatoms. The fraction of sp³-hybridized carbons (Fsp3) is 0.407. The van der Waals surface area contributed by atoms with Crippen molar-refractivity contribution < 1.29 is 14.7 Å². The van der Waals surface area contributed by atoms with Crippen LogP contribution in [0.2, 0.25) is 0 Å². The van der Waals surface area contributed by atoms with Gasteiger partial charge in [-0.1, -0.05) is 18.1 Å². The van der Waals surface area contributed by atoms with Crippen LogP contribution in [0.3, 0.4) is 0 Å². The zero-order valence-corrected chi connectivity index (χ0v) is 21.1. The first kappa shape index (κ1) is 24.5. The Bertz CT molecular complexity index is 1040. The van der Waals surface area contributed by atoms with Crippen molar-refractivity contribution in [2.45, 2.75) is 58.5 Å². The van der Waals surface area contributed by atoms with Crippen LogP contribution in [0.25, 0.3) is 0 Å². The van der Waals surface area contributed by atoms with E-state index in [1.54, 1.807) is 6.92 Å². The van der Waals surface area contributed by atoms with Crippen molar-refractivity contribution in [2.75, 3.05) is 13.1 Å². The number of amides is 1. The molecule has 1 aliphatic heterocycles. The number of aliphatic hydroxyl groups excluding tert-OH is 1. The van der Waals surface area contributed by atoms with E-state index >= 15 is 0 Å². The molecular weight excluding hydrogens is 513 g/mol. The molecule has 2 atom stereocenters. The minimum atomic E-state index is -0.769. The summed E-state index contributed by atoms with van der Waals surface area (Å²) >= 11 is 2.18. The number of nitrogens with zero attached hydrogens (tertiary/aromatic N) is 1. The fourth-order valence-electron chi connectivity index (χ4n) is 4.63. The summed E-state index contributed by atoms with van der Waals surface area (Å²) in [4.78, 5) is 28.2. The molecule has 168 valence electrons. The van der Waals surface area contributed by atoms with Crippen LogP contribution in [0.5, 0.6) is 0 Å². The van der Waals surface area contributed by atoms with E-state index in [4.69, 9.17) is 0 Å². The molecule has 1 aliphatic rings. The quantitative estimate of drug-likeness (QED) is 0.428. The molecule has 4 nitrogen and oxygen atoms in total. The molecule has 1 amide bonds. The largest absolute Gasteiger partial charge is 0.392 e. The first-order valence-corrected chi connectivity index (χ1v) is 12.2. The number of ketones is 1. The Morgan fingerprint density at radius 1 is 1.12 bits per heavy atom. The van der Waals surface area contributed by atoms with Crippen LogP contribution in [-0.4, -0.2) is 40.9 Å². The highest BCUT2D eigenvalue weighted by atomic mass is 127. The standard InChI is InChI=1S/C27H30INO3/c1-4-9-20-16-18(2)25(19(3)17-20)26-23(30)12-7-14-29(15-8-13-24(26)31)27(32)21-10-5-6-11-22(21)28/h5-6,10-11,16-17,23,26,30H,7-8,12-15H2,1-3H3. The first-order valence-electron chi connectivity index (χ1n) is 11.1. The maximum Gasteiger partial charge on any atom is 0.254 e. The highest BCUT2D eigenvalue weighted by Crippen LogP contribution is 2.32. The highest BCUT2D eigenvalue weighted by Gasteiger charge is 2.32. The Labute approximate surface area is 204 Å². The zero-order valence-electron chi connectivity index (χ0n) is 19.0. The van der Waals surface area contributed by atoms with Gasteiger partial charge in [-0.25, -0.2) is 0 Å². The normalized spacial score (nSPS) is 19.8. The van der Waals surface area contributed by atoms with Gasteiger partial charge in [0.25, 0.3) is 5.91 Å². The number of hydrogen-bond donors (Lipinski definition) is 1. The Morgan fingerprint density at radius 2 is 1.78 bits per heavy atom. The monoisotopic (exact) mass is 543 g/mol. The minimum absolute atomic E-state index is 0.00614. The molecular formula is C27H30INO3. The van der Waals surface area contributed by atoms with Crippen molar-refractivity contribution in [1.29, 1.82) is 0 Å². The molecule has 2 aromatic carbocycles. The molecule has 2 aromatic rings. The van der Waals surface area contributed by atoms with Gasteiger partial charge in [0.15, 0.2) is 0 Å². The number of benzene rings is 2. The highest BCUT2D eigenvalue weighted by molar-refractivity contribution is 14.1. The summed E-state index contributed by atoms with van der Waals surface area (Å²) in [6, 6.07) is 11.6. The first-order chi connectivity index (χ1) is 15.3. The van der Waals surface area contributed by atoms with Gasteiger partial charge in [-0.2, -0.15) is 0 Å². The van der Waals surface area contributed by atoms with Crippen molar-refractivity contribution >= 4 is 34.3 Å². The van der Waals surface area contributed by atoms with Gasteiger partial charge in [-0.15, -0.1) is 5.92 Å². The van der Waals surface area contributed by atoms with E-state index in [0.717, 1.165) is 25.8 Å². The average molecular weight is 543 g/mol. The van der Waals surface area contributed by atoms with Gasteiger partial charge >= 0.3 is 0 Å².